The molecule has 1 heterocycles. The molecule has 1 atom stereocenters. The van der Waals surface area contributed by atoms with Crippen LogP contribution in [0.5, 0.6) is 5.75 Å². The van der Waals surface area contributed by atoms with Crippen molar-refractivity contribution in [1.82, 2.24) is 15.1 Å². The van der Waals surface area contributed by atoms with Crippen LogP contribution in [-0.4, -0.2) is 37.7 Å². The van der Waals surface area contributed by atoms with Gasteiger partial charge in [-0.2, -0.15) is 5.10 Å². The van der Waals surface area contributed by atoms with Crippen molar-refractivity contribution in [3.8, 4) is 5.75 Å². The third kappa shape index (κ3) is 2.54. The number of ether oxygens (including phenoxy) is 2. The summed E-state index contributed by atoms with van der Waals surface area (Å²) in [4.78, 5) is 0. The predicted octanol–water partition coefficient (Wildman–Crippen LogP) is 1.38. The summed E-state index contributed by atoms with van der Waals surface area (Å²) in [5.74, 6) is 0.796. The van der Waals surface area contributed by atoms with Gasteiger partial charge in [-0.05, 0) is 20.9 Å². The van der Waals surface area contributed by atoms with Gasteiger partial charge in [-0.25, -0.2) is 0 Å². The minimum atomic E-state index is 0.0878. The molecule has 0 bridgehead atoms. The van der Waals surface area contributed by atoms with Gasteiger partial charge in [0, 0.05) is 13.2 Å². The van der Waals surface area contributed by atoms with E-state index in [4.69, 9.17) is 9.47 Å². The first-order chi connectivity index (χ1) is 7.65. The van der Waals surface area contributed by atoms with Crippen LogP contribution in [0.4, 0.5) is 0 Å². The lowest BCUT2D eigenvalue weighted by Gasteiger charge is -2.20. The summed E-state index contributed by atoms with van der Waals surface area (Å²) in [7, 11) is 5.25. The SMILES string of the molecule is CNC(COC)c1c(OC)cnn1C(C)C. The van der Waals surface area contributed by atoms with Gasteiger partial charge in [-0.15, -0.1) is 0 Å². The Morgan fingerprint density at radius 1 is 1.44 bits per heavy atom. The van der Waals surface area contributed by atoms with Crippen LogP contribution in [0.15, 0.2) is 6.20 Å². The molecule has 0 aliphatic rings. The quantitative estimate of drug-likeness (QED) is 0.797. The van der Waals surface area contributed by atoms with Crippen LogP contribution in [-0.2, 0) is 4.74 Å². The number of methoxy groups -OCH3 is 2. The molecular weight excluding hydrogens is 206 g/mol. The van der Waals surface area contributed by atoms with Gasteiger partial charge in [0.1, 0.15) is 0 Å². The summed E-state index contributed by atoms with van der Waals surface area (Å²) in [6, 6.07) is 0.386. The highest BCUT2D eigenvalue weighted by atomic mass is 16.5. The lowest BCUT2D eigenvalue weighted by molar-refractivity contribution is 0.164. The zero-order valence-electron chi connectivity index (χ0n) is 10.7. The molecule has 1 aromatic rings. The van der Waals surface area contributed by atoms with E-state index in [1.807, 2.05) is 11.7 Å². The first-order valence-electron chi connectivity index (χ1n) is 5.43. The van der Waals surface area contributed by atoms with Gasteiger partial charge in [0.05, 0.1) is 31.6 Å². The summed E-state index contributed by atoms with van der Waals surface area (Å²) >= 11 is 0. The Balaban J connectivity index is 3.09. The molecule has 1 aromatic heterocycles. The second kappa shape index (κ2) is 5.86. The second-order valence-electron chi connectivity index (χ2n) is 3.93. The van der Waals surface area contributed by atoms with Crippen LogP contribution in [0.1, 0.15) is 31.6 Å². The van der Waals surface area contributed by atoms with E-state index in [0.29, 0.717) is 12.6 Å². The number of likely N-dealkylation sites (N-methyl/N-ethyl adjacent to an activating group) is 1. The van der Waals surface area contributed by atoms with E-state index >= 15 is 0 Å². The van der Waals surface area contributed by atoms with Crippen LogP contribution in [0.25, 0.3) is 0 Å². The van der Waals surface area contributed by atoms with E-state index in [2.05, 4.69) is 24.3 Å². The molecule has 0 aromatic carbocycles. The van der Waals surface area contributed by atoms with Crippen molar-refractivity contribution in [2.45, 2.75) is 25.9 Å². The third-order valence-corrected chi connectivity index (χ3v) is 2.52. The van der Waals surface area contributed by atoms with Crippen molar-refractivity contribution in [3.05, 3.63) is 11.9 Å². The Hall–Kier alpha value is -1.07. The smallest absolute Gasteiger partial charge is 0.161 e. The lowest BCUT2D eigenvalue weighted by atomic mass is 10.2. The Labute approximate surface area is 96.7 Å². The minimum absolute atomic E-state index is 0.0878. The van der Waals surface area contributed by atoms with E-state index in [0.717, 1.165) is 11.4 Å². The van der Waals surface area contributed by atoms with Gasteiger partial charge in [-0.3, -0.25) is 4.68 Å². The Bertz CT molecular complexity index is 323. The fourth-order valence-corrected chi connectivity index (χ4v) is 1.72. The van der Waals surface area contributed by atoms with Crippen molar-refractivity contribution < 1.29 is 9.47 Å². The molecule has 0 spiro atoms. The van der Waals surface area contributed by atoms with Crippen molar-refractivity contribution in [1.29, 1.82) is 0 Å². The first kappa shape index (κ1) is 13.0. The Morgan fingerprint density at radius 3 is 2.56 bits per heavy atom. The van der Waals surface area contributed by atoms with Crippen LogP contribution in [0, 0.1) is 0 Å². The number of nitrogens with one attached hydrogen (secondary N) is 1. The third-order valence-electron chi connectivity index (χ3n) is 2.52. The largest absolute Gasteiger partial charge is 0.493 e. The van der Waals surface area contributed by atoms with Crippen LogP contribution in [0.3, 0.4) is 0 Å². The summed E-state index contributed by atoms with van der Waals surface area (Å²) < 4.78 is 12.5. The second-order valence-corrected chi connectivity index (χ2v) is 3.93. The van der Waals surface area contributed by atoms with E-state index in [-0.39, 0.29) is 6.04 Å². The Morgan fingerprint density at radius 2 is 2.12 bits per heavy atom. The molecule has 0 saturated carbocycles. The molecule has 92 valence electrons. The summed E-state index contributed by atoms with van der Waals surface area (Å²) in [6.07, 6.45) is 1.75. The van der Waals surface area contributed by atoms with Crippen LogP contribution in [0.2, 0.25) is 0 Å². The average molecular weight is 227 g/mol. The molecule has 0 saturated heterocycles. The van der Waals surface area contributed by atoms with Gasteiger partial charge >= 0.3 is 0 Å². The van der Waals surface area contributed by atoms with Crippen LogP contribution < -0.4 is 10.1 Å². The van der Waals surface area contributed by atoms with Gasteiger partial charge in [-0.1, -0.05) is 0 Å². The molecule has 0 fully saturated rings. The average Bonchev–Trinajstić information content (AvgIpc) is 2.69. The normalized spacial score (nSPS) is 13.1. The summed E-state index contributed by atoms with van der Waals surface area (Å²) in [6.45, 7) is 4.77. The number of rotatable bonds is 6. The highest BCUT2D eigenvalue weighted by Gasteiger charge is 2.21. The van der Waals surface area contributed by atoms with Gasteiger partial charge in [0.25, 0.3) is 0 Å². The van der Waals surface area contributed by atoms with Crippen molar-refractivity contribution in [2.24, 2.45) is 0 Å². The molecule has 5 nitrogen and oxygen atoms in total. The maximum atomic E-state index is 5.33. The Kier molecular flexibility index (Phi) is 4.76. The van der Waals surface area contributed by atoms with E-state index in [1.165, 1.54) is 0 Å². The topological polar surface area (TPSA) is 48.3 Å². The molecule has 0 radical (unpaired) electrons. The maximum absolute atomic E-state index is 5.33. The standard InChI is InChI=1S/C11H21N3O2/c1-8(2)14-11(9(12-3)7-15-4)10(16-5)6-13-14/h6,8-9,12H,7H2,1-5H3. The molecule has 1 N–H and O–H groups in total. The van der Waals surface area contributed by atoms with Gasteiger partial charge < -0.3 is 14.8 Å². The monoisotopic (exact) mass is 227 g/mol. The summed E-state index contributed by atoms with van der Waals surface area (Å²) in [5, 5.41) is 7.54. The van der Waals surface area contributed by atoms with Crippen molar-refractivity contribution in [2.75, 3.05) is 27.9 Å². The van der Waals surface area contributed by atoms with Crippen LogP contribution >= 0.6 is 0 Å². The first-order valence-corrected chi connectivity index (χ1v) is 5.43. The zero-order valence-corrected chi connectivity index (χ0v) is 10.7. The number of aromatic nitrogens is 2. The molecular formula is C11H21N3O2. The molecule has 0 aliphatic carbocycles. The summed E-state index contributed by atoms with van der Waals surface area (Å²) in [5.41, 5.74) is 1.03. The van der Waals surface area contributed by atoms with Crippen molar-refractivity contribution >= 4 is 0 Å². The number of hydrogen-bond donors (Lipinski definition) is 1. The fourth-order valence-electron chi connectivity index (χ4n) is 1.72. The van der Waals surface area contributed by atoms with E-state index < -0.39 is 0 Å². The molecule has 0 aliphatic heterocycles. The zero-order chi connectivity index (χ0) is 12.1. The molecule has 5 heteroatoms. The number of nitrogens with zero attached hydrogens (tertiary/aromatic N) is 2. The lowest BCUT2D eigenvalue weighted by Crippen LogP contribution is -2.25. The fraction of sp³-hybridized carbons (Fsp3) is 0.727. The van der Waals surface area contributed by atoms with Gasteiger partial charge in [0.2, 0.25) is 0 Å². The molecule has 0 amide bonds. The molecule has 16 heavy (non-hydrogen) atoms. The highest BCUT2D eigenvalue weighted by Crippen LogP contribution is 2.27. The predicted molar refractivity (Wildman–Crippen MR) is 62.8 cm³/mol. The van der Waals surface area contributed by atoms with Gasteiger partial charge in [0.15, 0.2) is 5.75 Å². The highest BCUT2D eigenvalue weighted by molar-refractivity contribution is 5.28. The molecule has 1 unspecified atom stereocenters. The minimum Gasteiger partial charge on any atom is -0.493 e. The molecule has 1 rings (SSSR count). The van der Waals surface area contributed by atoms with E-state index in [9.17, 15) is 0 Å². The van der Waals surface area contributed by atoms with E-state index in [1.54, 1.807) is 20.4 Å². The van der Waals surface area contributed by atoms with Crippen molar-refractivity contribution in [3.63, 3.8) is 0 Å². The maximum Gasteiger partial charge on any atom is 0.161 e. The number of hydrogen-bond acceptors (Lipinski definition) is 4.